The normalized spacial score (nSPS) is 21.9. The van der Waals surface area contributed by atoms with E-state index in [0.29, 0.717) is 0 Å². The van der Waals surface area contributed by atoms with E-state index in [4.69, 9.17) is 4.42 Å². The van der Waals surface area contributed by atoms with Crippen LogP contribution < -0.4 is 0 Å². The topological polar surface area (TPSA) is 36.7 Å². The van der Waals surface area contributed by atoms with Crippen LogP contribution in [0.3, 0.4) is 0 Å². The molecule has 0 aromatic carbocycles. The lowest BCUT2D eigenvalue weighted by atomic mass is 10.2. The predicted molar refractivity (Wildman–Crippen MR) is 78.2 cm³/mol. The average molecular weight is 274 g/mol. The predicted octanol–water partition coefficient (Wildman–Crippen LogP) is 2.38. The lowest BCUT2D eigenvalue weighted by Gasteiger charge is -2.37. The maximum atomic E-state index is 12.1. The van der Waals surface area contributed by atoms with Crippen molar-refractivity contribution in [1.82, 2.24) is 9.80 Å². The second-order valence-corrected chi connectivity index (χ2v) is 5.65. The van der Waals surface area contributed by atoms with Gasteiger partial charge in [0.05, 0.1) is 6.26 Å². The van der Waals surface area contributed by atoms with Crippen LogP contribution in [-0.4, -0.2) is 47.9 Å². The SMILES string of the molecule is O=C(/C=C/c1ccco1)N1CCN(C2CCCC2)CC1. The Morgan fingerprint density at radius 3 is 2.60 bits per heavy atom. The van der Waals surface area contributed by atoms with E-state index in [1.54, 1.807) is 18.4 Å². The van der Waals surface area contributed by atoms with Crippen LogP contribution in [0.25, 0.3) is 6.08 Å². The van der Waals surface area contributed by atoms with Crippen molar-refractivity contribution in [3.63, 3.8) is 0 Å². The smallest absolute Gasteiger partial charge is 0.246 e. The lowest BCUT2D eigenvalue weighted by molar-refractivity contribution is -0.128. The molecular weight excluding hydrogens is 252 g/mol. The highest BCUT2D eigenvalue weighted by Crippen LogP contribution is 2.24. The van der Waals surface area contributed by atoms with Crippen LogP contribution in [0.4, 0.5) is 0 Å². The molecule has 2 aliphatic rings. The minimum absolute atomic E-state index is 0.0903. The Hall–Kier alpha value is -1.55. The Balaban J connectivity index is 1.48. The molecule has 1 aromatic rings. The minimum atomic E-state index is 0.0903. The molecule has 1 aliphatic heterocycles. The highest BCUT2D eigenvalue weighted by Gasteiger charge is 2.27. The molecule has 1 saturated carbocycles. The molecule has 0 unspecified atom stereocenters. The quantitative estimate of drug-likeness (QED) is 0.794. The van der Waals surface area contributed by atoms with E-state index in [1.165, 1.54) is 25.7 Å². The summed E-state index contributed by atoms with van der Waals surface area (Å²) in [5, 5.41) is 0. The first kappa shape index (κ1) is 13.4. The molecule has 2 fully saturated rings. The zero-order chi connectivity index (χ0) is 13.8. The van der Waals surface area contributed by atoms with Gasteiger partial charge in [-0.2, -0.15) is 0 Å². The van der Waals surface area contributed by atoms with Crippen LogP contribution in [0.1, 0.15) is 31.4 Å². The number of furan rings is 1. The maximum absolute atomic E-state index is 12.1. The molecule has 4 nitrogen and oxygen atoms in total. The zero-order valence-corrected chi connectivity index (χ0v) is 11.8. The second-order valence-electron chi connectivity index (χ2n) is 5.65. The Morgan fingerprint density at radius 2 is 1.95 bits per heavy atom. The van der Waals surface area contributed by atoms with Gasteiger partial charge in [0.15, 0.2) is 0 Å². The fraction of sp³-hybridized carbons (Fsp3) is 0.562. The van der Waals surface area contributed by atoms with Crippen LogP contribution >= 0.6 is 0 Å². The number of amides is 1. The van der Waals surface area contributed by atoms with Gasteiger partial charge < -0.3 is 9.32 Å². The number of carbonyl (C=O) groups excluding carboxylic acids is 1. The van der Waals surface area contributed by atoms with Crippen LogP contribution in [0.15, 0.2) is 28.9 Å². The molecule has 0 atom stereocenters. The summed E-state index contributed by atoms with van der Waals surface area (Å²) in [6, 6.07) is 4.44. The van der Waals surface area contributed by atoms with Gasteiger partial charge in [0.25, 0.3) is 0 Å². The van der Waals surface area contributed by atoms with Gasteiger partial charge >= 0.3 is 0 Å². The third-order valence-corrected chi connectivity index (χ3v) is 4.40. The van der Waals surface area contributed by atoms with Crippen LogP contribution in [-0.2, 0) is 4.79 Å². The van der Waals surface area contributed by atoms with Gasteiger partial charge in [0, 0.05) is 38.3 Å². The molecule has 20 heavy (non-hydrogen) atoms. The van der Waals surface area contributed by atoms with Crippen molar-refractivity contribution >= 4 is 12.0 Å². The van der Waals surface area contributed by atoms with E-state index >= 15 is 0 Å². The first-order valence-electron chi connectivity index (χ1n) is 7.57. The Morgan fingerprint density at radius 1 is 1.20 bits per heavy atom. The third-order valence-electron chi connectivity index (χ3n) is 4.40. The molecule has 1 aromatic heterocycles. The van der Waals surface area contributed by atoms with E-state index in [9.17, 15) is 4.79 Å². The van der Waals surface area contributed by atoms with Crippen molar-refractivity contribution in [3.8, 4) is 0 Å². The van der Waals surface area contributed by atoms with E-state index in [2.05, 4.69) is 4.90 Å². The monoisotopic (exact) mass is 274 g/mol. The van der Waals surface area contributed by atoms with Gasteiger partial charge in [0.1, 0.15) is 5.76 Å². The van der Waals surface area contributed by atoms with Crippen LogP contribution in [0, 0.1) is 0 Å². The first-order valence-corrected chi connectivity index (χ1v) is 7.57. The number of piperazine rings is 1. The minimum Gasteiger partial charge on any atom is -0.465 e. The molecule has 0 bridgehead atoms. The van der Waals surface area contributed by atoms with Crippen molar-refractivity contribution < 1.29 is 9.21 Å². The summed E-state index contributed by atoms with van der Waals surface area (Å²) in [4.78, 5) is 16.6. The lowest BCUT2D eigenvalue weighted by Crippen LogP contribution is -2.51. The maximum Gasteiger partial charge on any atom is 0.246 e. The molecular formula is C16H22N2O2. The number of hydrogen-bond donors (Lipinski definition) is 0. The summed E-state index contributed by atoms with van der Waals surface area (Å²) in [5.74, 6) is 0.815. The van der Waals surface area contributed by atoms with Crippen LogP contribution in [0.2, 0.25) is 0 Å². The fourth-order valence-electron chi connectivity index (χ4n) is 3.22. The number of nitrogens with zero attached hydrogens (tertiary/aromatic N) is 2. The van der Waals surface area contributed by atoms with Crippen LogP contribution in [0.5, 0.6) is 0 Å². The summed E-state index contributed by atoms with van der Waals surface area (Å²) in [5.41, 5.74) is 0. The van der Waals surface area contributed by atoms with Crippen molar-refractivity contribution in [1.29, 1.82) is 0 Å². The average Bonchev–Trinajstić information content (AvgIpc) is 3.18. The van der Waals surface area contributed by atoms with Crippen molar-refractivity contribution in [2.75, 3.05) is 26.2 Å². The van der Waals surface area contributed by atoms with Gasteiger partial charge in [-0.15, -0.1) is 0 Å². The van der Waals surface area contributed by atoms with Crippen molar-refractivity contribution in [2.45, 2.75) is 31.7 Å². The van der Waals surface area contributed by atoms with Gasteiger partial charge in [-0.05, 0) is 31.1 Å². The van der Waals surface area contributed by atoms with E-state index < -0.39 is 0 Å². The second kappa shape index (κ2) is 6.27. The fourth-order valence-corrected chi connectivity index (χ4v) is 3.22. The summed E-state index contributed by atoms with van der Waals surface area (Å²) in [7, 11) is 0. The van der Waals surface area contributed by atoms with Crippen molar-refractivity contribution in [2.24, 2.45) is 0 Å². The molecule has 108 valence electrons. The van der Waals surface area contributed by atoms with Crippen molar-refractivity contribution in [3.05, 3.63) is 30.2 Å². The Kier molecular flexibility index (Phi) is 4.21. The molecule has 4 heteroatoms. The first-order chi connectivity index (χ1) is 9.83. The van der Waals surface area contributed by atoms with E-state index in [1.807, 2.05) is 17.0 Å². The highest BCUT2D eigenvalue weighted by atomic mass is 16.3. The Bertz CT molecular complexity index is 453. The largest absolute Gasteiger partial charge is 0.465 e. The Labute approximate surface area is 120 Å². The van der Waals surface area contributed by atoms with Gasteiger partial charge in [-0.1, -0.05) is 12.8 Å². The number of carbonyl (C=O) groups is 1. The third kappa shape index (κ3) is 3.12. The standard InChI is InChI=1S/C16H22N2O2/c19-16(8-7-15-6-3-13-20-15)18-11-9-17(10-12-18)14-4-1-2-5-14/h3,6-8,13-14H,1-2,4-5,9-12H2/b8-7+. The number of hydrogen-bond acceptors (Lipinski definition) is 3. The summed E-state index contributed by atoms with van der Waals surface area (Å²) >= 11 is 0. The molecule has 1 amide bonds. The molecule has 0 spiro atoms. The zero-order valence-electron chi connectivity index (χ0n) is 11.8. The van der Waals surface area contributed by atoms with E-state index in [-0.39, 0.29) is 5.91 Å². The van der Waals surface area contributed by atoms with E-state index in [0.717, 1.165) is 38.0 Å². The molecule has 1 saturated heterocycles. The summed E-state index contributed by atoms with van der Waals surface area (Å²) in [6.07, 6.45) is 10.4. The van der Waals surface area contributed by atoms with Gasteiger partial charge in [-0.25, -0.2) is 0 Å². The molecule has 0 radical (unpaired) electrons. The molecule has 1 aliphatic carbocycles. The molecule has 0 N–H and O–H groups in total. The molecule has 2 heterocycles. The summed E-state index contributed by atoms with van der Waals surface area (Å²) in [6.45, 7) is 3.73. The highest BCUT2D eigenvalue weighted by molar-refractivity contribution is 5.91. The van der Waals surface area contributed by atoms with Gasteiger partial charge in [0.2, 0.25) is 5.91 Å². The number of rotatable bonds is 3. The molecule has 3 rings (SSSR count). The van der Waals surface area contributed by atoms with Gasteiger partial charge in [-0.3, -0.25) is 9.69 Å². The summed E-state index contributed by atoms with van der Waals surface area (Å²) < 4.78 is 5.19.